The molecule has 212 valence electrons. The molecule has 2 aromatic heterocycles. The second kappa shape index (κ2) is 12.4. The molecule has 2 aromatic carbocycles. The summed E-state index contributed by atoms with van der Waals surface area (Å²) in [5, 5.41) is 25.0. The van der Waals surface area contributed by atoms with Crippen LogP contribution in [-0.4, -0.2) is 53.0 Å². The molecule has 1 aliphatic carbocycles. The van der Waals surface area contributed by atoms with Gasteiger partial charge >= 0.3 is 5.97 Å². The van der Waals surface area contributed by atoms with E-state index in [1.807, 2.05) is 68.4 Å². The van der Waals surface area contributed by atoms with Crippen molar-refractivity contribution in [3.8, 4) is 33.8 Å². The molecule has 1 fully saturated rings. The molecule has 41 heavy (non-hydrogen) atoms. The maximum Gasteiger partial charge on any atom is 0.329 e. The van der Waals surface area contributed by atoms with Gasteiger partial charge in [0.15, 0.2) is 0 Å². The number of aromatic nitrogens is 5. The largest absolute Gasteiger partial charge is 0.479 e. The Bertz CT molecular complexity index is 1490. The molecule has 2 heterocycles. The standard InChI is InChI=1S/C32H36N6O3/c1-3-4-11-29(39)38(32(31(40)41)18-6-5-7-19-32)21-23-12-14-24(15-13-23)27-20-25(28-10-8-9-22(2)33-28)16-17-26(27)30-34-36-37-35-30/h8-10,12-17,20H,3-7,11,18-19,21H2,1-2H3,(H,40,41)(H,34,35,36,37). The first kappa shape index (κ1) is 28.1. The fraction of sp³-hybridized carbons (Fsp3) is 0.375. The number of aromatic amines is 1. The van der Waals surface area contributed by atoms with Gasteiger partial charge in [-0.2, -0.15) is 5.21 Å². The van der Waals surface area contributed by atoms with Crippen LogP contribution < -0.4 is 0 Å². The van der Waals surface area contributed by atoms with Gasteiger partial charge in [0, 0.05) is 29.8 Å². The predicted octanol–water partition coefficient (Wildman–Crippen LogP) is 6.21. The molecule has 2 N–H and O–H groups in total. The van der Waals surface area contributed by atoms with Gasteiger partial charge in [0.05, 0.1) is 5.69 Å². The first-order chi connectivity index (χ1) is 19.9. The molecule has 0 radical (unpaired) electrons. The predicted molar refractivity (Wildman–Crippen MR) is 157 cm³/mol. The van der Waals surface area contributed by atoms with Crippen molar-refractivity contribution in [3.63, 3.8) is 0 Å². The first-order valence-corrected chi connectivity index (χ1v) is 14.4. The third-order valence-corrected chi connectivity index (χ3v) is 8.04. The van der Waals surface area contributed by atoms with Gasteiger partial charge in [-0.25, -0.2) is 4.79 Å². The van der Waals surface area contributed by atoms with Crippen LogP contribution in [0.1, 0.15) is 69.5 Å². The van der Waals surface area contributed by atoms with E-state index in [1.54, 1.807) is 4.90 Å². The Labute approximate surface area is 240 Å². The number of pyridine rings is 1. The monoisotopic (exact) mass is 552 g/mol. The fourth-order valence-electron chi connectivity index (χ4n) is 5.77. The van der Waals surface area contributed by atoms with E-state index in [9.17, 15) is 14.7 Å². The number of carbonyl (C=O) groups excluding carboxylic acids is 1. The molecular weight excluding hydrogens is 516 g/mol. The number of hydrogen-bond acceptors (Lipinski definition) is 6. The number of amides is 1. The van der Waals surface area contributed by atoms with E-state index in [2.05, 4.69) is 31.7 Å². The van der Waals surface area contributed by atoms with Crippen LogP contribution in [0, 0.1) is 6.92 Å². The zero-order chi connectivity index (χ0) is 28.8. The average molecular weight is 553 g/mol. The molecule has 0 spiro atoms. The first-order valence-electron chi connectivity index (χ1n) is 14.4. The Balaban J connectivity index is 1.50. The molecule has 5 rings (SSSR count). The van der Waals surface area contributed by atoms with Crippen molar-refractivity contribution in [2.75, 3.05) is 0 Å². The van der Waals surface area contributed by atoms with Crippen LogP contribution in [0.3, 0.4) is 0 Å². The number of unbranched alkanes of at least 4 members (excludes halogenated alkanes) is 1. The van der Waals surface area contributed by atoms with Crippen molar-refractivity contribution >= 4 is 11.9 Å². The van der Waals surface area contributed by atoms with E-state index in [-0.39, 0.29) is 12.5 Å². The van der Waals surface area contributed by atoms with E-state index in [0.29, 0.717) is 25.1 Å². The number of aliphatic carboxylic acids is 1. The second-order valence-electron chi connectivity index (χ2n) is 10.8. The SMILES string of the molecule is CCCCC(=O)N(Cc1ccc(-c2cc(-c3cccc(C)n3)ccc2-c2nn[nH]n2)cc1)C1(C(=O)O)CCCCC1. The summed E-state index contributed by atoms with van der Waals surface area (Å²) >= 11 is 0. The number of hydrogen-bond donors (Lipinski definition) is 2. The molecule has 1 amide bonds. The summed E-state index contributed by atoms with van der Waals surface area (Å²) in [7, 11) is 0. The van der Waals surface area contributed by atoms with Crippen LogP contribution in [0.4, 0.5) is 0 Å². The number of rotatable bonds is 10. The van der Waals surface area contributed by atoms with Gasteiger partial charge in [0.25, 0.3) is 0 Å². The minimum Gasteiger partial charge on any atom is -0.479 e. The number of benzene rings is 2. The zero-order valence-corrected chi connectivity index (χ0v) is 23.6. The molecule has 0 atom stereocenters. The topological polar surface area (TPSA) is 125 Å². The van der Waals surface area contributed by atoms with Crippen LogP contribution in [0.2, 0.25) is 0 Å². The number of aryl methyl sites for hydroxylation is 1. The van der Waals surface area contributed by atoms with Gasteiger partial charge in [-0.15, -0.1) is 10.2 Å². The lowest BCUT2D eigenvalue weighted by Gasteiger charge is -2.43. The van der Waals surface area contributed by atoms with Crippen molar-refractivity contribution in [2.45, 2.75) is 77.3 Å². The summed E-state index contributed by atoms with van der Waals surface area (Å²) in [5.41, 5.74) is 5.20. The zero-order valence-electron chi connectivity index (χ0n) is 23.6. The van der Waals surface area contributed by atoms with E-state index >= 15 is 0 Å². The van der Waals surface area contributed by atoms with Crippen molar-refractivity contribution in [1.29, 1.82) is 0 Å². The van der Waals surface area contributed by atoms with Gasteiger partial charge in [-0.1, -0.05) is 69.0 Å². The highest BCUT2D eigenvalue weighted by Gasteiger charge is 2.46. The summed E-state index contributed by atoms with van der Waals surface area (Å²) in [5.74, 6) is -0.496. The molecule has 0 bridgehead atoms. The summed E-state index contributed by atoms with van der Waals surface area (Å²) in [6.45, 7) is 4.27. The van der Waals surface area contributed by atoms with Gasteiger partial charge in [0.2, 0.25) is 11.7 Å². The van der Waals surface area contributed by atoms with Crippen LogP contribution >= 0.6 is 0 Å². The van der Waals surface area contributed by atoms with E-state index < -0.39 is 11.5 Å². The van der Waals surface area contributed by atoms with Crippen molar-refractivity contribution in [1.82, 2.24) is 30.5 Å². The normalized spacial score (nSPS) is 14.5. The van der Waals surface area contributed by atoms with E-state index in [4.69, 9.17) is 0 Å². The van der Waals surface area contributed by atoms with Gasteiger partial charge in [0.1, 0.15) is 5.54 Å². The van der Waals surface area contributed by atoms with Crippen molar-refractivity contribution < 1.29 is 14.7 Å². The fourth-order valence-corrected chi connectivity index (χ4v) is 5.77. The van der Waals surface area contributed by atoms with Crippen LogP contribution in [0.25, 0.3) is 33.8 Å². The Morgan fingerprint density at radius 3 is 2.39 bits per heavy atom. The number of carboxylic acids is 1. The summed E-state index contributed by atoms with van der Waals surface area (Å²) < 4.78 is 0. The molecule has 1 saturated carbocycles. The number of H-pyrrole nitrogens is 1. The summed E-state index contributed by atoms with van der Waals surface area (Å²) in [6, 6.07) is 20.0. The van der Waals surface area contributed by atoms with Gasteiger partial charge in [-0.05, 0) is 72.4 Å². The van der Waals surface area contributed by atoms with Crippen LogP contribution in [0.5, 0.6) is 0 Å². The van der Waals surface area contributed by atoms with Crippen molar-refractivity contribution in [2.24, 2.45) is 0 Å². The lowest BCUT2D eigenvalue weighted by molar-refractivity contribution is -0.163. The lowest BCUT2D eigenvalue weighted by Crippen LogP contribution is -2.57. The van der Waals surface area contributed by atoms with Crippen LogP contribution in [0.15, 0.2) is 60.7 Å². The molecule has 1 aliphatic rings. The summed E-state index contributed by atoms with van der Waals surface area (Å²) in [6.07, 6.45) is 5.60. The number of carbonyl (C=O) groups is 2. The second-order valence-corrected chi connectivity index (χ2v) is 10.8. The summed E-state index contributed by atoms with van der Waals surface area (Å²) in [4.78, 5) is 32.4. The minimum atomic E-state index is -1.15. The third-order valence-electron chi connectivity index (χ3n) is 8.04. The number of tetrazole rings is 1. The number of nitrogens with zero attached hydrogens (tertiary/aromatic N) is 5. The van der Waals surface area contributed by atoms with E-state index in [0.717, 1.165) is 71.3 Å². The van der Waals surface area contributed by atoms with E-state index in [1.165, 1.54) is 0 Å². The quantitative estimate of drug-likeness (QED) is 0.240. The molecular formula is C32H36N6O3. The molecule has 0 saturated heterocycles. The average Bonchev–Trinajstić information content (AvgIpc) is 3.54. The Hall–Kier alpha value is -4.40. The highest BCUT2D eigenvalue weighted by Crippen LogP contribution is 2.37. The smallest absolute Gasteiger partial charge is 0.329 e. The third kappa shape index (κ3) is 6.04. The Morgan fingerprint density at radius 1 is 0.976 bits per heavy atom. The number of nitrogens with one attached hydrogen (secondary N) is 1. The molecule has 0 aliphatic heterocycles. The molecule has 0 unspecified atom stereocenters. The molecule has 9 heteroatoms. The Kier molecular flexibility index (Phi) is 8.52. The highest BCUT2D eigenvalue weighted by atomic mass is 16.4. The van der Waals surface area contributed by atoms with Gasteiger partial charge in [-0.3, -0.25) is 9.78 Å². The highest BCUT2D eigenvalue weighted by molar-refractivity contribution is 5.87. The maximum absolute atomic E-state index is 13.4. The van der Waals surface area contributed by atoms with Gasteiger partial charge < -0.3 is 10.0 Å². The molecule has 9 nitrogen and oxygen atoms in total. The minimum absolute atomic E-state index is 0.0852. The maximum atomic E-state index is 13.4. The van der Waals surface area contributed by atoms with Crippen molar-refractivity contribution in [3.05, 3.63) is 71.9 Å². The number of carboxylic acid groups (broad SMARTS) is 1. The molecule has 4 aromatic rings. The van der Waals surface area contributed by atoms with Crippen LogP contribution in [-0.2, 0) is 16.1 Å². The Morgan fingerprint density at radius 2 is 1.73 bits per heavy atom. The lowest BCUT2D eigenvalue weighted by atomic mass is 9.79.